The first kappa shape index (κ1) is 9.97. The van der Waals surface area contributed by atoms with Crippen LogP contribution in [0.5, 0.6) is 0 Å². The van der Waals surface area contributed by atoms with Crippen molar-refractivity contribution in [1.29, 1.82) is 0 Å². The van der Waals surface area contributed by atoms with Gasteiger partial charge in [0.05, 0.1) is 0 Å². The Morgan fingerprint density at radius 2 is 1.93 bits per heavy atom. The zero-order chi connectivity index (χ0) is 11.1. The number of hydrogen-bond donors (Lipinski definition) is 1. The smallest absolute Gasteiger partial charge is 0.248 e. The third kappa shape index (κ3) is 1.80. The molecule has 2 rings (SSSR count). The van der Waals surface area contributed by atoms with Gasteiger partial charge in [0.1, 0.15) is 0 Å². The highest BCUT2D eigenvalue weighted by atomic mass is 16.1. The van der Waals surface area contributed by atoms with Crippen LogP contribution in [0.4, 0.5) is 0 Å². The zero-order valence-corrected chi connectivity index (χ0v) is 9.29. The summed E-state index contributed by atoms with van der Waals surface area (Å²) in [7, 11) is 0. The quantitative estimate of drug-likeness (QED) is 0.698. The molecule has 0 aliphatic rings. The summed E-state index contributed by atoms with van der Waals surface area (Å²) in [4.78, 5) is 14.0. The molecule has 0 aliphatic carbocycles. The van der Waals surface area contributed by atoms with E-state index in [1.54, 1.807) is 12.3 Å². The van der Waals surface area contributed by atoms with Gasteiger partial charge in [-0.1, -0.05) is 39.0 Å². The summed E-state index contributed by atoms with van der Waals surface area (Å²) in [6.45, 7) is 6.47. The van der Waals surface area contributed by atoms with Gasteiger partial charge in [-0.05, 0) is 21.8 Å². The van der Waals surface area contributed by atoms with Crippen molar-refractivity contribution in [2.24, 2.45) is 0 Å². The average Bonchev–Trinajstić information content (AvgIpc) is 2.15. The Hall–Kier alpha value is -1.57. The predicted molar refractivity (Wildman–Crippen MR) is 63.3 cm³/mol. The first-order valence-electron chi connectivity index (χ1n) is 5.10. The van der Waals surface area contributed by atoms with Crippen LogP contribution < -0.4 is 5.56 Å². The Kier molecular flexibility index (Phi) is 2.14. The summed E-state index contributed by atoms with van der Waals surface area (Å²) in [6, 6.07) is 7.80. The molecule has 0 fully saturated rings. The predicted octanol–water partition coefficient (Wildman–Crippen LogP) is 2.83. The minimum Gasteiger partial charge on any atom is -0.328 e. The van der Waals surface area contributed by atoms with Gasteiger partial charge in [-0.25, -0.2) is 0 Å². The zero-order valence-electron chi connectivity index (χ0n) is 9.29. The number of aromatic amines is 1. The van der Waals surface area contributed by atoms with Crippen LogP contribution in [-0.2, 0) is 5.41 Å². The van der Waals surface area contributed by atoms with Crippen LogP contribution >= 0.6 is 0 Å². The van der Waals surface area contributed by atoms with E-state index in [1.807, 2.05) is 12.1 Å². The van der Waals surface area contributed by atoms with Crippen LogP contribution in [0.3, 0.4) is 0 Å². The van der Waals surface area contributed by atoms with E-state index < -0.39 is 0 Å². The Balaban J connectivity index is 2.86. The molecule has 0 unspecified atom stereocenters. The standard InChI is InChI=1S/C13H15NO/c1-13(2,3)11-6-4-5-9-8-14-12(15)7-10(9)11/h4-8H,1-3H3,(H,14,15). The SMILES string of the molecule is CC(C)(C)c1cccc2c[nH]c(=O)cc12. The normalized spacial score (nSPS) is 11.9. The second-order valence-corrected chi connectivity index (χ2v) is 4.86. The highest BCUT2D eigenvalue weighted by Crippen LogP contribution is 2.28. The minimum atomic E-state index is -0.0424. The second kappa shape index (κ2) is 3.23. The first-order valence-corrected chi connectivity index (χ1v) is 5.10. The largest absolute Gasteiger partial charge is 0.328 e. The molecule has 1 aromatic heterocycles. The van der Waals surface area contributed by atoms with Gasteiger partial charge in [-0.15, -0.1) is 0 Å². The van der Waals surface area contributed by atoms with Gasteiger partial charge in [0.15, 0.2) is 0 Å². The van der Waals surface area contributed by atoms with E-state index >= 15 is 0 Å². The molecule has 15 heavy (non-hydrogen) atoms. The van der Waals surface area contributed by atoms with Crippen LogP contribution in [0, 0.1) is 0 Å². The Morgan fingerprint density at radius 1 is 1.20 bits per heavy atom. The number of fused-ring (bicyclic) bond motifs is 1. The first-order chi connectivity index (χ1) is 6.98. The second-order valence-electron chi connectivity index (χ2n) is 4.86. The Labute approximate surface area is 89.0 Å². The Bertz CT molecular complexity index is 546. The van der Waals surface area contributed by atoms with E-state index in [9.17, 15) is 4.79 Å². The monoisotopic (exact) mass is 201 g/mol. The van der Waals surface area contributed by atoms with Crippen molar-refractivity contribution in [2.45, 2.75) is 26.2 Å². The van der Waals surface area contributed by atoms with Crippen molar-refractivity contribution in [3.8, 4) is 0 Å². The fourth-order valence-electron chi connectivity index (χ4n) is 1.85. The third-order valence-corrected chi connectivity index (χ3v) is 2.59. The maximum atomic E-state index is 11.3. The van der Waals surface area contributed by atoms with Gasteiger partial charge < -0.3 is 4.98 Å². The highest BCUT2D eigenvalue weighted by molar-refractivity contribution is 5.85. The number of H-pyrrole nitrogens is 1. The van der Waals surface area contributed by atoms with Crippen molar-refractivity contribution >= 4 is 10.8 Å². The topological polar surface area (TPSA) is 32.9 Å². The lowest BCUT2D eigenvalue weighted by Crippen LogP contribution is -2.13. The molecule has 78 valence electrons. The molecule has 0 amide bonds. The van der Waals surface area contributed by atoms with Gasteiger partial charge in [-0.3, -0.25) is 4.79 Å². The van der Waals surface area contributed by atoms with Gasteiger partial charge in [0.25, 0.3) is 0 Å². The lowest BCUT2D eigenvalue weighted by atomic mass is 9.84. The van der Waals surface area contributed by atoms with Crippen LogP contribution in [0.25, 0.3) is 10.8 Å². The molecule has 0 atom stereocenters. The van der Waals surface area contributed by atoms with Gasteiger partial charge in [0, 0.05) is 12.3 Å². The number of benzene rings is 1. The summed E-state index contributed by atoms with van der Waals surface area (Å²) in [5.74, 6) is 0. The van der Waals surface area contributed by atoms with Crippen LogP contribution in [-0.4, -0.2) is 4.98 Å². The molecule has 0 saturated carbocycles. The fourth-order valence-corrected chi connectivity index (χ4v) is 1.85. The molecule has 0 spiro atoms. The molecule has 1 aromatic carbocycles. The average molecular weight is 201 g/mol. The highest BCUT2D eigenvalue weighted by Gasteiger charge is 2.16. The number of aromatic nitrogens is 1. The third-order valence-electron chi connectivity index (χ3n) is 2.59. The molecule has 2 aromatic rings. The summed E-state index contributed by atoms with van der Waals surface area (Å²) in [5, 5.41) is 2.13. The van der Waals surface area contributed by atoms with E-state index in [0.717, 1.165) is 10.8 Å². The fraction of sp³-hybridized carbons (Fsp3) is 0.308. The molecule has 0 radical (unpaired) electrons. The lowest BCUT2D eigenvalue weighted by Gasteiger charge is -2.20. The van der Waals surface area contributed by atoms with E-state index in [1.165, 1.54) is 5.56 Å². The number of rotatable bonds is 0. The molecule has 0 aliphatic heterocycles. The van der Waals surface area contributed by atoms with Crippen LogP contribution in [0.1, 0.15) is 26.3 Å². The van der Waals surface area contributed by atoms with Gasteiger partial charge in [0.2, 0.25) is 5.56 Å². The molecule has 0 saturated heterocycles. The summed E-state index contributed by atoms with van der Waals surface area (Å²) >= 11 is 0. The van der Waals surface area contributed by atoms with E-state index in [-0.39, 0.29) is 11.0 Å². The lowest BCUT2D eigenvalue weighted by molar-refractivity contribution is 0.596. The molecule has 2 heteroatoms. The van der Waals surface area contributed by atoms with E-state index in [2.05, 4.69) is 31.8 Å². The minimum absolute atomic E-state index is 0.0424. The molecular formula is C13H15NO. The number of hydrogen-bond acceptors (Lipinski definition) is 1. The summed E-state index contributed by atoms with van der Waals surface area (Å²) in [5.41, 5.74) is 1.23. The molecular weight excluding hydrogens is 186 g/mol. The molecule has 1 N–H and O–H groups in total. The Morgan fingerprint density at radius 3 is 2.60 bits per heavy atom. The van der Waals surface area contributed by atoms with E-state index in [4.69, 9.17) is 0 Å². The molecule has 2 nitrogen and oxygen atoms in total. The van der Waals surface area contributed by atoms with Crippen molar-refractivity contribution in [1.82, 2.24) is 4.98 Å². The van der Waals surface area contributed by atoms with E-state index in [0.29, 0.717) is 0 Å². The summed E-state index contributed by atoms with van der Waals surface area (Å²) < 4.78 is 0. The maximum absolute atomic E-state index is 11.3. The van der Waals surface area contributed by atoms with Gasteiger partial charge >= 0.3 is 0 Å². The van der Waals surface area contributed by atoms with Crippen LogP contribution in [0.15, 0.2) is 35.3 Å². The van der Waals surface area contributed by atoms with Crippen molar-refractivity contribution in [2.75, 3.05) is 0 Å². The van der Waals surface area contributed by atoms with Crippen LogP contribution in [0.2, 0.25) is 0 Å². The van der Waals surface area contributed by atoms with Crippen molar-refractivity contribution < 1.29 is 0 Å². The molecule has 0 bridgehead atoms. The maximum Gasteiger partial charge on any atom is 0.248 e. The number of nitrogens with one attached hydrogen (secondary N) is 1. The summed E-state index contributed by atoms with van der Waals surface area (Å²) in [6.07, 6.45) is 1.77. The molecule has 1 heterocycles. The van der Waals surface area contributed by atoms with Gasteiger partial charge in [-0.2, -0.15) is 0 Å². The van der Waals surface area contributed by atoms with Crippen molar-refractivity contribution in [3.63, 3.8) is 0 Å². The van der Waals surface area contributed by atoms with Crippen molar-refractivity contribution in [3.05, 3.63) is 46.4 Å². The number of pyridine rings is 1.